The summed E-state index contributed by atoms with van der Waals surface area (Å²) in [7, 11) is 1.88. The van der Waals surface area contributed by atoms with Gasteiger partial charge in [0.15, 0.2) is 0 Å². The summed E-state index contributed by atoms with van der Waals surface area (Å²) in [5.74, 6) is 7.42. The molecule has 7 rings (SSSR count). The van der Waals surface area contributed by atoms with Crippen molar-refractivity contribution in [1.29, 1.82) is 0 Å². The van der Waals surface area contributed by atoms with E-state index in [0.717, 1.165) is 67.6 Å². The number of aryl methyl sites for hydroxylation is 1. The molecule has 6 nitrogen and oxygen atoms in total. The molecule has 0 radical (unpaired) electrons. The van der Waals surface area contributed by atoms with Gasteiger partial charge < -0.3 is 14.4 Å². The second-order valence-corrected chi connectivity index (χ2v) is 12.7. The summed E-state index contributed by atoms with van der Waals surface area (Å²) in [6.45, 7) is 5.45. The molecule has 2 aliphatic heterocycles. The lowest BCUT2D eigenvalue weighted by molar-refractivity contribution is -0.135. The number of hydrogen-bond donors (Lipinski definition) is 0. The maximum absolute atomic E-state index is 13.5. The Hall–Kier alpha value is -4.08. The van der Waals surface area contributed by atoms with E-state index in [1.807, 2.05) is 55.3 Å². The molecule has 2 bridgehead atoms. The number of esters is 1. The summed E-state index contributed by atoms with van der Waals surface area (Å²) in [5, 5.41) is 0. The van der Waals surface area contributed by atoms with Crippen molar-refractivity contribution >= 4 is 11.9 Å². The van der Waals surface area contributed by atoms with Gasteiger partial charge in [0.1, 0.15) is 17.6 Å². The van der Waals surface area contributed by atoms with E-state index in [4.69, 9.17) is 9.47 Å². The Balaban J connectivity index is 1.22. The van der Waals surface area contributed by atoms with E-state index in [2.05, 4.69) is 47.1 Å². The van der Waals surface area contributed by atoms with Gasteiger partial charge in [-0.3, -0.25) is 14.5 Å². The summed E-state index contributed by atoms with van der Waals surface area (Å²) in [5.41, 5.74) is 5.40. The van der Waals surface area contributed by atoms with Crippen LogP contribution < -0.4 is 9.47 Å². The van der Waals surface area contributed by atoms with Crippen LogP contribution in [0.2, 0.25) is 0 Å². The van der Waals surface area contributed by atoms with Crippen LogP contribution in [0.15, 0.2) is 66.7 Å². The van der Waals surface area contributed by atoms with Crippen LogP contribution in [0.5, 0.6) is 11.5 Å². The second kappa shape index (κ2) is 10.9. The van der Waals surface area contributed by atoms with Crippen molar-refractivity contribution in [3.8, 4) is 23.3 Å². The number of amides is 1. The molecule has 2 fully saturated rings. The van der Waals surface area contributed by atoms with Gasteiger partial charge in [0.2, 0.25) is 0 Å². The average Bonchev–Trinajstić information content (AvgIpc) is 3.34. The minimum Gasteiger partial charge on any atom is -0.487 e. The maximum Gasteiger partial charge on any atom is 0.308 e. The van der Waals surface area contributed by atoms with E-state index in [1.165, 1.54) is 18.1 Å². The Bertz CT molecular complexity index is 1640. The van der Waals surface area contributed by atoms with Crippen LogP contribution >= 0.6 is 0 Å². The van der Waals surface area contributed by atoms with Crippen molar-refractivity contribution in [3.05, 3.63) is 94.5 Å². The van der Waals surface area contributed by atoms with Crippen molar-refractivity contribution < 1.29 is 19.1 Å². The fraction of sp³-hybridized carbons (Fsp3) is 0.405. The van der Waals surface area contributed by atoms with E-state index in [-0.39, 0.29) is 29.4 Å². The normalized spacial score (nSPS) is 26.4. The Morgan fingerprint density at radius 1 is 1.09 bits per heavy atom. The van der Waals surface area contributed by atoms with Crippen LogP contribution in [0.3, 0.4) is 0 Å². The number of piperidine rings is 1. The molecule has 1 amide bonds. The number of carbonyl (C=O) groups is 2. The molecular formula is C37H38N2O4. The van der Waals surface area contributed by atoms with Crippen molar-refractivity contribution in [2.45, 2.75) is 69.6 Å². The SMILES string of the molecule is CC(=O)Oc1ccc2c3c1C[C@@H]1[C@@H]4CC[C@@H](N(C)C(=O)C#Cc5cccc(C)c5)[C@H](O2)[C@]34CCN1CCc1ccccc1. The third-order valence-corrected chi connectivity index (χ3v) is 10.3. The monoisotopic (exact) mass is 574 g/mol. The smallest absolute Gasteiger partial charge is 0.308 e. The summed E-state index contributed by atoms with van der Waals surface area (Å²) in [4.78, 5) is 30.1. The van der Waals surface area contributed by atoms with Gasteiger partial charge in [-0.2, -0.15) is 0 Å². The maximum atomic E-state index is 13.5. The average molecular weight is 575 g/mol. The predicted octanol–water partition coefficient (Wildman–Crippen LogP) is 5.08. The zero-order valence-electron chi connectivity index (χ0n) is 25.1. The number of likely N-dealkylation sites (tertiary alicyclic amines) is 1. The lowest BCUT2D eigenvalue weighted by atomic mass is 9.51. The first-order valence-electron chi connectivity index (χ1n) is 15.5. The molecule has 1 saturated carbocycles. The molecule has 3 aromatic rings. The highest BCUT2D eigenvalue weighted by molar-refractivity contribution is 5.94. The Morgan fingerprint density at radius 3 is 2.72 bits per heavy atom. The van der Waals surface area contributed by atoms with Crippen molar-refractivity contribution in [2.24, 2.45) is 5.92 Å². The third-order valence-electron chi connectivity index (χ3n) is 10.3. The Morgan fingerprint density at radius 2 is 1.93 bits per heavy atom. The van der Waals surface area contributed by atoms with Gasteiger partial charge in [0.25, 0.3) is 5.91 Å². The van der Waals surface area contributed by atoms with Crippen molar-refractivity contribution in [2.75, 3.05) is 20.1 Å². The first-order chi connectivity index (χ1) is 20.8. The topological polar surface area (TPSA) is 59.1 Å². The molecule has 2 aliphatic carbocycles. The molecule has 220 valence electrons. The molecule has 1 spiro atoms. The summed E-state index contributed by atoms with van der Waals surface area (Å²) < 4.78 is 12.7. The van der Waals surface area contributed by atoms with Gasteiger partial charge >= 0.3 is 5.97 Å². The summed E-state index contributed by atoms with van der Waals surface area (Å²) in [6, 6.07) is 22.7. The van der Waals surface area contributed by atoms with E-state index in [0.29, 0.717) is 17.7 Å². The van der Waals surface area contributed by atoms with E-state index >= 15 is 0 Å². The zero-order valence-corrected chi connectivity index (χ0v) is 25.1. The standard InChI is InChI=1S/C37H38N2O4/c1-24-8-7-11-27(22-24)12-17-34(41)38(3)30-14-13-29-31-23-28-32(42-25(2)40)15-16-33-35(28)37(29,36(30)43-33)19-21-39(31)20-18-26-9-5-4-6-10-26/h4-11,15-16,22,29-31,36H,13-14,18-21,23H2,1-3H3/t29-,30+,31+,36-,37-/m0/s1. The van der Waals surface area contributed by atoms with Crippen molar-refractivity contribution in [3.63, 3.8) is 0 Å². The van der Waals surface area contributed by atoms with Gasteiger partial charge in [0, 0.05) is 54.6 Å². The van der Waals surface area contributed by atoms with Crippen LogP contribution in [0, 0.1) is 24.7 Å². The molecule has 43 heavy (non-hydrogen) atoms. The Kier molecular flexibility index (Phi) is 7.02. The number of hydrogen-bond acceptors (Lipinski definition) is 5. The summed E-state index contributed by atoms with van der Waals surface area (Å²) in [6.07, 6.45) is 4.50. The van der Waals surface area contributed by atoms with Gasteiger partial charge in [-0.05, 0) is 86.9 Å². The quantitative estimate of drug-likeness (QED) is 0.242. The summed E-state index contributed by atoms with van der Waals surface area (Å²) >= 11 is 0. The second-order valence-electron chi connectivity index (χ2n) is 12.7. The number of ether oxygens (including phenoxy) is 2. The molecule has 6 heteroatoms. The first-order valence-corrected chi connectivity index (χ1v) is 15.5. The molecule has 2 heterocycles. The number of likely N-dealkylation sites (N-methyl/N-ethyl adjacent to an activating group) is 1. The highest BCUT2D eigenvalue weighted by atomic mass is 16.5. The molecule has 0 N–H and O–H groups in total. The van der Waals surface area contributed by atoms with Gasteiger partial charge in [0.05, 0.1) is 6.04 Å². The lowest BCUT2D eigenvalue weighted by Crippen LogP contribution is -2.69. The van der Waals surface area contributed by atoms with Crippen LogP contribution in [0.25, 0.3) is 0 Å². The van der Waals surface area contributed by atoms with Gasteiger partial charge in [-0.25, -0.2) is 0 Å². The lowest BCUT2D eigenvalue weighted by Gasteiger charge is -2.60. The molecule has 1 saturated heterocycles. The first kappa shape index (κ1) is 27.7. The largest absolute Gasteiger partial charge is 0.487 e. The fourth-order valence-electron chi connectivity index (χ4n) is 8.53. The highest BCUT2D eigenvalue weighted by Gasteiger charge is 2.66. The zero-order chi connectivity index (χ0) is 29.7. The molecule has 5 atom stereocenters. The minimum absolute atomic E-state index is 0.0948. The molecule has 3 aromatic carbocycles. The molecular weight excluding hydrogens is 536 g/mol. The number of rotatable bonds is 5. The molecule has 0 unspecified atom stereocenters. The van der Waals surface area contributed by atoms with Crippen LogP contribution in [-0.4, -0.2) is 60.0 Å². The van der Waals surface area contributed by atoms with E-state index in [1.54, 1.807) is 0 Å². The van der Waals surface area contributed by atoms with Crippen LogP contribution in [-0.2, 0) is 27.8 Å². The fourth-order valence-corrected chi connectivity index (χ4v) is 8.53. The van der Waals surface area contributed by atoms with Crippen LogP contribution in [0.4, 0.5) is 0 Å². The Labute approximate surface area is 254 Å². The van der Waals surface area contributed by atoms with Crippen molar-refractivity contribution in [1.82, 2.24) is 9.80 Å². The van der Waals surface area contributed by atoms with E-state index < -0.39 is 0 Å². The van der Waals surface area contributed by atoms with Gasteiger partial charge in [-0.1, -0.05) is 48.4 Å². The van der Waals surface area contributed by atoms with Crippen LogP contribution in [0.1, 0.15) is 54.0 Å². The van der Waals surface area contributed by atoms with E-state index in [9.17, 15) is 9.59 Å². The number of carbonyl (C=O) groups excluding carboxylic acids is 2. The highest BCUT2D eigenvalue weighted by Crippen LogP contribution is 2.63. The predicted molar refractivity (Wildman–Crippen MR) is 165 cm³/mol. The minimum atomic E-state index is -0.309. The molecule has 0 aromatic heterocycles. The number of nitrogens with zero attached hydrogens (tertiary/aromatic N) is 2. The third kappa shape index (κ3) is 4.71. The number of benzene rings is 3. The molecule has 4 aliphatic rings. The van der Waals surface area contributed by atoms with Gasteiger partial charge in [-0.15, -0.1) is 0 Å².